The van der Waals surface area contributed by atoms with E-state index in [2.05, 4.69) is 25.9 Å². The molecule has 0 aromatic rings. The van der Waals surface area contributed by atoms with Crippen molar-refractivity contribution in [1.82, 2.24) is 5.01 Å². The molecule has 0 heterocycles. The monoisotopic (exact) mass is 242 g/mol. The molecule has 0 radical (unpaired) electrons. The molecule has 0 saturated heterocycles. The smallest absolute Gasteiger partial charge is 0.430 e. The van der Waals surface area contributed by atoms with Crippen molar-refractivity contribution in [2.75, 3.05) is 6.61 Å². The molecule has 0 aromatic heterocycles. The minimum Gasteiger partial charge on any atom is -0.448 e. The molecule has 4 nitrogen and oxygen atoms in total. The van der Waals surface area contributed by atoms with E-state index in [-0.39, 0.29) is 11.0 Å². The summed E-state index contributed by atoms with van der Waals surface area (Å²) < 4.78 is 4.99. The summed E-state index contributed by atoms with van der Waals surface area (Å²) in [6, 6.07) is 0. The van der Waals surface area contributed by atoms with Gasteiger partial charge in [-0.05, 0) is 39.5 Å². The van der Waals surface area contributed by atoms with Crippen molar-refractivity contribution >= 4 is 12.3 Å². The van der Waals surface area contributed by atoms with E-state index in [0.29, 0.717) is 6.61 Å². The molecule has 0 unspecified atom stereocenters. The third kappa shape index (κ3) is 6.97. The fraction of sp³-hybridized carbons (Fsp3) is 0.846. The van der Waals surface area contributed by atoms with Crippen LogP contribution in [0.2, 0.25) is 0 Å². The topological polar surface area (TPSA) is 41.9 Å². The number of amides is 1. The van der Waals surface area contributed by atoms with E-state index in [1.54, 1.807) is 13.1 Å². The van der Waals surface area contributed by atoms with Crippen molar-refractivity contribution in [2.45, 2.75) is 60.4 Å². The van der Waals surface area contributed by atoms with Crippen LogP contribution in [0.3, 0.4) is 0 Å². The molecule has 17 heavy (non-hydrogen) atoms. The minimum atomic E-state index is -0.398. The maximum atomic E-state index is 11.7. The van der Waals surface area contributed by atoms with Gasteiger partial charge in [0, 0.05) is 6.21 Å². The van der Waals surface area contributed by atoms with E-state index in [1.807, 2.05) is 20.8 Å². The van der Waals surface area contributed by atoms with Gasteiger partial charge in [-0.25, -0.2) is 4.79 Å². The van der Waals surface area contributed by atoms with Crippen LogP contribution in [0.4, 0.5) is 4.79 Å². The number of rotatable bonds is 3. The Kier molecular flexibility index (Phi) is 5.66. The van der Waals surface area contributed by atoms with Crippen molar-refractivity contribution < 1.29 is 9.53 Å². The second-order valence-electron chi connectivity index (χ2n) is 6.24. The van der Waals surface area contributed by atoms with Gasteiger partial charge < -0.3 is 4.74 Å². The Morgan fingerprint density at radius 1 is 1.24 bits per heavy atom. The van der Waals surface area contributed by atoms with Gasteiger partial charge in [0.25, 0.3) is 0 Å². The SMILES string of the molecule is CCOC(=O)N(/N=C/CC(C)(C)C)C(C)(C)C. The van der Waals surface area contributed by atoms with E-state index in [4.69, 9.17) is 4.74 Å². The summed E-state index contributed by atoms with van der Waals surface area (Å²) >= 11 is 0. The Labute approximate surface area is 105 Å². The van der Waals surface area contributed by atoms with E-state index >= 15 is 0 Å². The lowest BCUT2D eigenvalue weighted by Gasteiger charge is -2.30. The number of hydrogen-bond donors (Lipinski definition) is 0. The molecule has 0 aliphatic rings. The Balaban J connectivity index is 4.68. The quantitative estimate of drug-likeness (QED) is 0.560. The molecule has 0 atom stereocenters. The summed E-state index contributed by atoms with van der Waals surface area (Å²) in [5.41, 5.74) is -0.206. The zero-order valence-corrected chi connectivity index (χ0v) is 12.2. The molecule has 0 spiro atoms. The third-order valence-corrected chi connectivity index (χ3v) is 1.98. The molecule has 0 bridgehead atoms. The zero-order valence-electron chi connectivity index (χ0n) is 12.2. The lowest BCUT2D eigenvalue weighted by atomic mass is 9.93. The van der Waals surface area contributed by atoms with E-state index in [1.165, 1.54) is 5.01 Å². The second kappa shape index (κ2) is 6.03. The average molecular weight is 242 g/mol. The molecular formula is C13H26N2O2. The van der Waals surface area contributed by atoms with Crippen LogP contribution in [0, 0.1) is 5.41 Å². The van der Waals surface area contributed by atoms with E-state index in [0.717, 1.165) is 6.42 Å². The van der Waals surface area contributed by atoms with Gasteiger partial charge in [0.05, 0.1) is 12.1 Å². The van der Waals surface area contributed by atoms with Crippen molar-refractivity contribution in [3.05, 3.63) is 0 Å². The molecular weight excluding hydrogens is 216 g/mol. The maximum Gasteiger partial charge on any atom is 0.430 e. The summed E-state index contributed by atoms with van der Waals surface area (Å²) in [6.07, 6.45) is 2.20. The van der Waals surface area contributed by atoms with Gasteiger partial charge >= 0.3 is 6.09 Å². The van der Waals surface area contributed by atoms with Crippen LogP contribution < -0.4 is 0 Å². The van der Waals surface area contributed by atoms with E-state index < -0.39 is 6.09 Å². The van der Waals surface area contributed by atoms with Gasteiger partial charge in [-0.2, -0.15) is 10.1 Å². The highest BCUT2D eigenvalue weighted by molar-refractivity contribution is 5.70. The highest BCUT2D eigenvalue weighted by Gasteiger charge is 2.27. The molecule has 1 amide bonds. The highest BCUT2D eigenvalue weighted by atomic mass is 16.6. The van der Waals surface area contributed by atoms with Crippen LogP contribution in [0.1, 0.15) is 54.9 Å². The van der Waals surface area contributed by atoms with Crippen molar-refractivity contribution in [3.8, 4) is 0 Å². The van der Waals surface area contributed by atoms with Crippen LogP contribution >= 0.6 is 0 Å². The first-order chi connectivity index (χ1) is 7.58. The Morgan fingerprint density at radius 3 is 2.12 bits per heavy atom. The first kappa shape index (κ1) is 15.9. The van der Waals surface area contributed by atoms with Gasteiger partial charge in [0.1, 0.15) is 0 Å². The first-order valence-corrected chi connectivity index (χ1v) is 6.07. The highest BCUT2D eigenvalue weighted by Crippen LogP contribution is 2.18. The van der Waals surface area contributed by atoms with Crippen LogP contribution in [-0.2, 0) is 4.74 Å². The predicted octanol–water partition coefficient (Wildman–Crippen LogP) is 3.67. The molecule has 100 valence electrons. The van der Waals surface area contributed by atoms with Gasteiger partial charge in [-0.15, -0.1) is 0 Å². The molecule has 0 aliphatic heterocycles. The van der Waals surface area contributed by atoms with Crippen LogP contribution in [-0.4, -0.2) is 29.5 Å². The zero-order chi connectivity index (χ0) is 13.7. The van der Waals surface area contributed by atoms with Gasteiger partial charge in [-0.3, -0.25) is 0 Å². The molecule has 0 fully saturated rings. The van der Waals surface area contributed by atoms with Crippen LogP contribution in [0.25, 0.3) is 0 Å². The fourth-order valence-corrected chi connectivity index (χ4v) is 1.08. The number of hydrazone groups is 1. The predicted molar refractivity (Wildman–Crippen MR) is 71.2 cm³/mol. The lowest BCUT2D eigenvalue weighted by molar-refractivity contribution is 0.0731. The number of hydrogen-bond acceptors (Lipinski definition) is 3. The average Bonchev–Trinajstić information content (AvgIpc) is 2.08. The number of nitrogens with zero attached hydrogens (tertiary/aromatic N) is 2. The molecule has 0 saturated carbocycles. The summed E-state index contributed by atoms with van der Waals surface area (Å²) in [7, 11) is 0. The number of carbonyl (C=O) groups is 1. The second-order valence-corrected chi connectivity index (χ2v) is 6.24. The third-order valence-electron chi connectivity index (χ3n) is 1.98. The maximum absolute atomic E-state index is 11.7. The van der Waals surface area contributed by atoms with E-state index in [9.17, 15) is 4.79 Å². The van der Waals surface area contributed by atoms with Crippen LogP contribution in [0.15, 0.2) is 5.10 Å². The van der Waals surface area contributed by atoms with Crippen molar-refractivity contribution in [3.63, 3.8) is 0 Å². The summed E-state index contributed by atoms with van der Waals surface area (Å²) in [5, 5.41) is 5.62. The lowest BCUT2D eigenvalue weighted by Crippen LogP contribution is -2.42. The molecule has 0 aromatic carbocycles. The Morgan fingerprint density at radius 2 is 1.76 bits per heavy atom. The summed E-state index contributed by atoms with van der Waals surface area (Å²) in [4.78, 5) is 11.7. The Hall–Kier alpha value is -1.06. The van der Waals surface area contributed by atoms with Gasteiger partial charge in [0.2, 0.25) is 0 Å². The number of ether oxygens (including phenoxy) is 1. The Bertz CT molecular complexity index is 272. The molecule has 4 heteroatoms. The van der Waals surface area contributed by atoms with Gasteiger partial charge in [-0.1, -0.05) is 20.8 Å². The minimum absolute atomic E-state index is 0.168. The molecule has 0 N–H and O–H groups in total. The van der Waals surface area contributed by atoms with Gasteiger partial charge in [0.15, 0.2) is 0 Å². The van der Waals surface area contributed by atoms with Crippen LogP contribution in [0.5, 0.6) is 0 Å². The largest absolute Gasteiger partial charge is 0.448 e. The summed E-state index contributed by atoms with van der Waals surface area (Å²) in [6.45, 7) is 14.3. The molecule has 0 aliphatic carbocycles. The molecule has 0 rings (SSSR count). The van der Waals surface area contributed by atoms with Crippen molar-refractivity contribution in [2.24, 2.45) is 10.5 Å². The fourth-order valence-electron chi connectivity index (χ4n) is 1.08. The summed E-state index contributed by atoms with van der Waals surface area (Å²) in [5.74, 6) is 0. The van der Waals surface area contributed by atoms with Crippen molar-refractivity contribution in [1.29, 1.82) is 0 Å². The standard InChI is InChI=1S/C13H26N2O2/c1-8-17-11(16)15(13(5,6)7)14-10-9-12(2,3)4/h10H,8-9H2,1-7H3/b14-10+. The normalized spacial score (nSPS) is 12.9. The number of carbonyl (C=O) groups excluding carboxylic acids is 1. The first-order valence-electron chi connectivity index (χ1n) is 6.07.